The Morgan fingerprint density at radius 1 is 0.435 bits per heavy atom. The second-order valence-corrected chi connectivity index (χ2v) is 12.9. The van der Waals surface area contributed by atoms with E-state index in [-0.39, 0.29) is 0 Å². The first-order chi connectivity index (χ1) is 22.8. The predicted octanol–water partition coefficient (Wildman–Crippen LogP) is 11.6. The first-order valence-electron chi connectivity index (χ1n) is 15.5. The highest BCUT2D eigenvalue weighted by molar-refractivity contribution is 7.26. The van der Waals surface area contributed by atoms with Crippen molar-refractivity contribution in [1.29, 1.82) is 0 Å². The Labute approximate surface area is 268 Å². The van der Waals surface area contributed by atoms with Gasteiger partial charge in [-0.15, -0.1) is 11.3 Å². The van der Waals surface area contributed by atoms with Gasteiger partial charge in [-0.3, -0.25) is 4.57 Å². The van der Waals surface area contributed by atoms with E-state index in [1.54, 1.807) is 0 Å². The predicted molar refractivity (Wildman–Crippen MR) is 195 cm³/mol. The number of rotatable bonds is 3. The monoisotopic (exact) mass is 603 g/mol. The van der Waals surface area contributed by atoms with Crippen molar-refractivity contribution in [3.63, 3.8) is 0 Å². The molecule has 0 N–H and O–H groups in total. The molecular formula is C42H25N3S. The van der Waals surface area contributed by atoms with Crippen LogP contribution in [0.1, 0.15) is 0 Å². The van der Waals surface area contributed by atoms with Gasteiger partial charge in [0.25, 0.3) is 0 Å². The standard InChI is InChI=1S/C42H25N3S/c1-3-13-28(14-4-1)33-25-34(29-15-5-2-6-16-29)44-42(43-33)45-35-22-19-26-11-7-9-17-30(26)38(35)32-21-24-37-40(41(32)45)39-31-18-10-8-12-27(31)20-23-36(39)46-37/h1-25H. The zero-order valence-electron chi connectivity index (χ0n) is 24.7. The highest BCUT2D eigenvalue weighted by Crippen LogP contribution is 2.46. The minimum absolute atomic E-state index is 0.669. The zero-order chi connectivity index (χ0) is 30.2. The molecule has 3 nitrogen and oxygen atoms in total. The molecule has 0 bridgehead atoms. The van der Waals surface area contributed by atoms with E-state index in [2.05, 4.69) is 144 Å². The van der Waals surface area contributed by atoms with Gasteiger partial charge in [-0.25, -0.2) is 9.97 Å². The summed E-state index contributed by atoms with van der Waals surface area (Å²) in [4.78, 5) is 10.7. The molecule has 0 aliphatic heterocycles. The Bertz CT molecular complexity index is 2740. The van der Waals surface area contributed by atoms with Gasteiger partial charge in [-0.05, 0) is 45.8 Å². The summed E-state index contributed by atoms with van der Waals surface area (Å²) in [5, 5.41) is 9.95. The van der Waals surface area contributed by atoms with E-state index in [0.29, 0.717) is 5.95 Å². The van der Waals surface area contributed by atoms with Gasteiger partial charge in [-0.1, -0.05) is 127 Å². The van der Waals surface area contributed by atoms with Crippen molar-refractivity contribution in [2.45, 2.75) is 0 Å². The van der Waals surface area contributed by atoms with E-state index in [0.717, 1.165) is 33.5 Å². The van der Waals surface area contributed by atoms with Gasteiger partial charge in [0.15, 0.2) is 0 Å². The molecule has 46 heavy (non-hydrogen) atoms. The molecular weight excluding hydrogens is 579 g/mol. The molecule has 0 radical (unpaired) electrons. The molecule has 7 aromatic carbocycles. The Morgan fingerprint density at radius 3 is 1.65 bits per heavy atom. The molecule has 0 spiro atoms. The highest BCUT2D eigenvalue weighted by atomic mass is 32.1. The lowest BCUT2D eigenvalue weighted by Gasteiger charge is -2.12. The fourth-order valence-electron chi connectivity index (χ4n) is 7.15. The average Bonchev–Trinajstić information content (AvgIpc) is 3.68. The van der Waals surface area contributed by atoms with Gasteiger partial charge < -0.3 is 0 Å². The number of fused-ring (bicyclic) bond motifs is 11. The Kier molecular flexibility index (Phi) is 5.45. The van der Waals surface area contributed by atoms with Crippen molar-refractivity contribution < 1.29 is 0 Å². The maximum Gasteiger partial charge on any atom is 0.235 e. The molecule has 214 valence electrons. The maximum absolute atomic E-state index is 5.34. The lowest BCUT2D eigenvalue weighted by Crippen LogP contribution is -2.04. The van der Waals surface area contributed by atoms with Gasteiger partial charge in [0.1, 0.15) is 0 Å². The minimum atomic E-state index is 0.669. The molecule has 3 heterocycles. The van der Waals surface area contributed by atoms with Gasteiger partial charge >= 0.3 is 0 Å². The highest BCUT2D eigenvalue weighted by Gasteiger charge is 2.22. The summed E-state index contributed by atoms with van der Waals surface area (Å²) in [6, 6.07) is 54.0. The average molecular weight is 604 g/mol. The third-order valence-corrected chi connectivity index (χ3v) is 10.3. The largest absolute Gasteiger partial charge is 0.277 e. The molecule has 0 aliphatic carbocycles. The van der Waals surface area contributed by atoms with Crippen LogP contribution in [0.15, 0.2) is 152 Å². The van der Waals surface area contributed by atoms with E-state index in [4.69, 9.17) is 9.97 Å². The molecule has 0 unspecified atom stereocenters. The van der Waals surface area contributed by atoms with Gasteiger partial charge in [0.2, 0.25) is 5.95 Å². The minimum Gasteiger partial charge on any atom is -0.277 e. The second-order valence-electron chi connectivity index (χ2n) is 11.8. The fourth-order valence-corrected chi connectivity index (χ4v) is 8.28. The third kappa shape index (κ3) is 3.71. The van der Waals surface area contributed by atoms with E-state index in [1.807, 2.05) is 23.5 Å². The van der Waals surface area contributed by atoms with Crippen LogP contribution in [0.4, 0.5) is 0 Å². The van der Waals surface area contributed by atoms with Crippen LogP contribution >= 0.6 is 11.3 Å². The summed E-state index contributed by atoms with van der Waals surface area (Å²) < 4.78 is 4.87. The Balaban J connectivity index is 1.44. The quantitative estimate of drug-likeness (QED) is 0.201. The number of benzene rings is 7. The van der Waals surface area contributed by atoms with E-state index >= 15 is 0 Å². The van der Waals surface area contributed by atoms with Crippen molar-refractivity contribution in [2.75, 3.05) is 0 Å². The lowest BCUT2D eigenvalue weighted by molar-refractivity contribution is 0.998. The van der Waals surface area contributed by atoms with Crippen LogP contribution in [-0.2, 0) is 0 Å². The number of nitrogens with zero attached hydrogens (tertiary/aromatic N) is 3. The molecule has 10 aromatic rings. The van der Waals surface area contributed by atoms with Crippen molar-refractivity contribution in [3.8, 4) is 28.5 Å². The Morgan fingerprint density at radius 2 is 0.978 bits per heavy atom. The first-order valence-corrected chi connectivity index (χ1v) is 16.3. The third-order valence-electron chi connectivity index (χ3n) is 9.19. The molecule has 0 fully saturated rings. The van der Waals surface area contributed by atoms with E-state index in [9.17, 15) is 0 Å². The topological polar surface area (TPSA) is 30.7 Å². The smallest absolute Gasteiger partial charge is 0.235 e. The van der Waals surface area contributed by atoms with Crippen LogP contribution in [0.5, 0.6) is 0 Å². The van der Waals surface area contributed by atoms with Gasteiger partial charge in [0.05, 0.1) is 22.4 Å². The summed E-state index contributed by atoms with van der Waals surface area (Å²) in [5.74, 6) is 0.669. The van der Waals surface area contributed by atoms with Crippen molar-refractivity contribution >= 4 is 74.9 Å². The number of hydrogen-bond donors (Lipinski definition) is 0. The van der Waals surface area contributed by atoms with Gasteiger partial charge in [-0.2, -0.15) is 0 Å². The van der Waals surface area contributed by atoms with Crippen LogP contribution in [0.3, 0.4) is 0 Å². The van der Waals surface area contributed by atoms with Crippen LogP contribution in [0.2, 0.25) is 0 Å². The fraction of sp³-hybridized carbons (Fsp3) is 0. The molecule has 0 atom stereocenters. The van der Waals surface area contributed by atoms with Crippen LogP contribution in [-0.4, -0.2) is 14.5 Å². The maximum atomic E-state index is 5.34. The zero-order valence-corrected chi connectivity index (χ0v) is 25.5. The van der Waals surface area contributed by atoms with E-state index < -0.39 is 0 Å². The Hall–Kier alpha value is -5.84. The lowest BCUT2D eigenvalue weighted by atomic mass is 10.0. The number of hydrogen-bond acceptors (Lipinski definition) is 3. The summed E-state index contributed by atoms with van der Waals surface area (Å²) in [6.45, 7) is 0. The van der Waals surface area contributed by atoms with Crippen molar-refractivity contribution in [3.05, 3.63) is 152 Å². The summed E-state index contributed by atoms with van der Waals surface area (Å²) >= 11 is 1.85. The normalized spacial score (nSPS) is 11.9. The second kappa shape index (κ2) is 9.83. The van der Waals surface area contributed by atoms with Crippen LogP contribution < -0.4 is 0 Å². The molecule has 3 aromatic heterocycles. The summed E-state index contributed by atoms with van der Waals surface area (Å²) in [5.41, 5.74) is 6.17. The van der Waals surface area contributed by atoms with Crippen molar-refractivity contribution in [1.82, 2.24) is 14.5 Å². The summed E-state index contributed by atoms with van der Waals surface area (Å²) in [7, 11) is 0. The van der Waals surface area contributed by atoms with Crippen LogP contribution in [0, 0.1) is 0 Å². The SMILES string of the molecule is c1ccc(-c2cc(-c3ccccc3)nc(-n3c4ccc5ccccc5c4c4ccc5sc6ccc7ccccc7c6c5c43)n2)cc1. The van der Waals surface area contributed by atoms with Crippen LogP contribution in [0.25, 0.3) is 92.0 Å². The molecule has 4 heteroatoms. The van der Waals surface area contributed by atoms with E-state index in [1.165, 1.54) is 52.5 Å². The molecule has 0 saturated heterocycles. The number of thiophene rings is 1. The molecule has 10 rings (SSSR count). The van der Waals surface area contributed by atoms with Gasteiger partial charge in [0, 0.05) is 42.1 Å². The summed E-state index contributed by atoms with van der Waals surface area (Å²) in [6.07, 6.45) is 0. The molecule has 0 saturated carbocycles. The van der Waals surface area contributed by atoms with Crippen molar-refractivity contribution in [2.24, 2.45) is 0 Å². The molecule has 0 aliphatic rings. The number of aromatic nitrogens is 3. The molecule has 0 amide bonds. The first kappa shape index (κ1) is 25.5.